The van der Waals surface area contributed by atoms with E-state index in [9.17, 15) is 9.18 Å². The molecule has 128 valence electrons. The molecule has 3 heterocycles. The van der Waals surface area contributed by atoms with Crippen LogP contribution in [0.4, 0.5) is 4.39 Å². The Kier molecular flexibility index (Phi) is 4.99. The van der Waals surface area contributed by atoms with Crippen molar-refractivity contribution in [1.29, 1.82) is 0 Å². The summed E-state index contributed by atoms with van der Waals surface area (Å²) in [6.45, 7) is 7.12. The lowest BCUT2D eigenvalue weighted by Gasteiger charge is -2.36. The Morgan fingerprint density at radius 1 is 1.39 bits per heavy atom. The number of hydrogen-bond donors (Lipinski definition) is 0. The summed E-state index contributed by atoms with van der Waals surface area (Å²) < 4.78 is 18.3. The summed E-state index contributed by atoms with van der Waals surface area (Å²) in [7, 11) is 0. The molecule has 0 N–H and O–H groups in total. The average molecular weight is 323 g/mol. The van der Waals surface area contributed by atoms with Gasteiger partial charge in [0.15, 0.2) is 6.39 Å². The molecule has 0 saturated carbocycles. The first-order chi connectivity index (χ1) is 11.1. The molecule has 2 saturated heterocycles. The summed E-state index contributed by atoms with van der Waals surface area (Å²) in [5, 5.41) is 0. The van der Waals surface area contributed by atoms with E-state index in [2.05, 4.69) is 23.7 Å². The number of likely N-dealkylation sites (tertiary alicyclic amines) is 2. The summed E-state index contributed by atoms with van der Waals surface area (Å²) in [4.78, 5) is 20.7. The summed E-state index contributed by atoms with van der Waals surface area (Å²) in [6.07, 6.45) is 3.82. The van der Waals surface area contributed by atoms with Crippen molar-refractivity contribution in [2.24, 2.45) is 5.92 Å². The van der Waals surface area contributed by atoms with Crippen molar-refractivity contribution < 1.29 is 13.6 Å². The van der Waals surface area contributed by atoms with Gasteiger partial charge in [0, 0.05) is 50.5 Å². The third-order valence-electron chi connectivity index (χ3n) is 5.03. The van der Waals surface area contributed by atoms with E-state index in [1.54, 1.807) is 0 Å². The minimum atomic E-state index is -0.384. The fraction of sp³-hybridized carbons (Fsp3) is 0.765. The third-order valence-corrected chi connectivity index (χ3v) is 5.03. The Labute approximate surface area is 136 Å². The molecule has 0 radical (unpaired) electrons. The molecule has 23 heavy (non-hydrogen) atoms. The average Bonchev–Trinajstić information content (AvgIpc) is 3.14. The number of carbonyl (C=O) groups is 1. The van der Waals surface area contributed by atoms with E-state index in [1.165, 1.54) is 6.39 Å². The molecule has 3 rings (SSSR count). The van der Waals surface area contributed by atoms with E-state index in [0.717, 1.165) is 43.9 Å². The molecular weight excluding hydrogens is 297 g/mol. The highest BCUT2D eigenvalue weighted by atomic mass is 19.1. The highest BCUT2D eigenvalue weighted by Gasteiger charge is 2.35. The summed E-state index contributed by atoms with van der Waals surface area (Å²) in [5.74, 6) is 1.34. The lowest BCUT2D eigenvalue weighted by atomic mass is 10.0. The van der Waals surface area contributed by atoms with Crippen LogP contribution in [0.2, 0.25) is 0 Å². The third kappa shape index (κ3) is 3.57. The van der Waals surface area contributed by atoms with Crippen molar-refractivity contribution >= 4 is 5.91 Å². The molecule has 0 spiro atoms. The molecule has 2 fully saturated rings. The molecule has 6 heteroatoms. The highest BCUT2D eigenvalue weighted by molar-refractivity contribution is 5.79. The van der Waals surface area contributed by atoms with Crippen LogP contribution >= 0.6 is 0 Å². The Morgan fingerprint density at radius 3 is 2.74 bits per heavy atom. The maximum Gasteiger partial charge on any atom is 0.223 e. The van der Waals surface area contributed by atoms with Gasteiger partial charge in [0.05, 0.1) is 12.4 Å². The second-order valence-corrected chi connectivity index (χ2v) is 7.10. The largest absolute Gasteiger partial charge is 0.448 e. The lowest BCUT2D eigenvalue weighted by molar-refractivity contribution is -0.130. The van der Waals surface area contributed by atoms with Gasteiger partial charge in [-0.1, -0.05) is 13.8 Å². The fourth-order valence-electron chi connectivity index (χ4n) is 3.73. The first-order valence-corrected chi connectivity index (χ1v) is 8.58. The van der Waals surface area contributed by atoms with Gasteiger partial charge < -0.3 is 9.32 Å². The van der Waals surface area contributed by atoms with Crippen LogP contribution in [-0.2, 0) is 11.3 Å². The van der Waals surface area contributed by atoms with Gasteiger partial charge in [-0.2, -0.15) is 0 Å². The molecule has 0 aromatic carbocycles. The molecule has 0 aliphatic carbocycles. The zero-order chi connectivity index (χ0) is 16.4. The van der Waals surface area contributed by atoms with Crippen LogP contribution in [-0.4, -0.2) is 53.0 Å². The number of oxazole rings is 1. The van der Waals surface area contributed by atoms with Crippen molar-refractivity contribution in [3.05, 3.63) is 17.8 Å². The molecule has 2 aliphatic heterocycles. The predicted octanol–water partition coefficient (Wildman–Crippen LogP) is 2.58. The molecule has 1 unspecified atom stereocenters. The normalized spacial score (nSPS) is 24.1. The quantitative estimate of drug-likeness (QED) is 0.836. The van der Waals surface area contributed by atoms with E-state index in [-0.39, 0.29) is 24.5 Å². The topological polar surface area (TPSA) is 49.6 Å². The van der Waals surface area contributed by atoms with Crippen LogP contribution in [0.15, 0.2) is 10.8 Å². The van der Waals surface area contributed by atoms with Crippen LogP contribution in [0.3, 0.4) is 0 Å². The van der Waals surface area contributed by atoms with Gasteiger partial charge in [0.1, 0.15) is 5.76 Å². The SMILES string of the molecule is CC(C)c1ocnc1CN1CCC(N2CC(CF)CC2=O)CC1. The monoisotopic (exact) mass is 323 g/mol. The number of hydrogen-bond acceptors (Lipinski definition) is 4. The zero-order valence-corrected chi connectivity index (χ0v) is 14.0. The number of amides is 1. The van der Waals surface area contributed by atoms with Gasteiger partial charge >= 0.3 is 0 Å². The first-order valence-electron chi connectivity index (χ1n) is 8.58. The van der Waals surface area contributed by atoms with Crippen molar-refractivity contribution in [1.82, 2.24) is 14.8 Å². The number of nitrogens with zero attached hydrogens (tertiary/aromatic N) is 3. The number of rotatable bonds is 5. The van der Waals surface area contributed by atoms with Gasteiger partial charge in [-0.05, 0) is 12.8 Å². The number of carbonyl (C=O) groups excluding carboxylic acids is 1. The Morgan fingerprint density at radius 2 is 2.13 bits per heavy atom. The lowest BCUT2D eigenvalue weighted by Crippen LogP contribution is -2.45. The van der Waals surface area contributed by atoms with Crippen LogP contribution in [0, 0.1) is 5.92 Å². The second-order valence-electron chi connectivity index (χ2n) is 7.10. The highest BCUT2D eigenvalue weighted by Crippen LogP contribution is 2.27. The first kappa shape index (κ1) is 16.4. The standard InChI is InChI=1S/C17H26FN3O2/c1-12(2)17-15(19-11-23-17)10-20-5-3-14(4-6-20)21-9-13(8-18)7-16(21)22/h11-14H,3-10H2,1-2H3. The van der Waals surface area contributed by atoms with Crippen molar-refractivity contribution in [2.45, 2.75) is 51.6 Å². The Balaban J connectivity index is 1.53. The molecule has 5 nitrogen and oxygen atoms in total. The Bertz CT molecular complexity index is 538. The number of alkyl halides is 1. The smallest absolute Gasteiger partial charge is 0.223 e. The van der Waals surface area contributed by atoms with Crippen LogP contribution in [0.25, 0.3) is 0 Å². The van der Waals surface area contributed by atoms with E-state index in [0.29, 0.717) is 18.9 Å². The predicted molar refractivity (Wildman–Crippen MR) is 84.7 cm³/mol. The van der Waals surface area contributed by atoms with Crippen LogP contribution < -0.4 is 0 Å². The summed E-state index contributed by atoms with van der Waals surface area (Å²) in [6, 6.07) is 0.275. The van der Waals surface area contributed by atoms with Crippen molar-refractivity contribution in [2.75, 3.05) is 26.3 Å². The van der Waals surface area contributed by atoms with Crippen molar-refractivity contribution in [3.63, 3.8) is 0 Å². The summed E-state index contributed by atoms with van der Waals surface area (Å²) in [5.41, 5.74) is 1.02. The molecular formula is C17H26FN3O2. The van der Waals surface area contributed by atoms with E-state index in [4.69, 9.17) is 4.42 Å². The second kappa shape index (κ2) is 6.99. The minimum Gasteiger partial charge on any atom is -0.448 e. The molecule has 1 atom stereocenters. The van der Waals surface area contributed by atoms with Gasteiger partial charge in [-0.25, -0.2) is 4.98 Å². The van der Waals surface area contributed by atoms with Gasteiger partial charge in [0.25, 0.3) is 0 Å². The van der Waals surface area contributed by atoms with Crippen LogP contribution in [0.1, 0.15) is 50.5 Å². The maximum atomic E-state index is 12.8. The van der Waals surface area contributed by atoms with Crippen molar-refractivity contribution in [3.8, 4) is 0 Å². The zero-order valence-electron chi connectivity index (χ0n) is 14.0. The molecule has 2 aliphatic rings. The summed E-state index contributed by atoms with van der Waals surface area (Å²) >= 11 is 0. The maximum absolute atomic E-state index is 12.8. The van der Waals surface area contributed by atoms with E-state index in [1.807, 2.05) is 4.90 Å². The molecule has 1 aromatic heterocycles. The number of piperidine rings is 1. The van der Waals surface area contributed by atoms with E-state index >= 15 is 0 Å². The molecule has 0 bridgehead atoms. The molecule has 1 amide bonds. The fourth-order valence-corrected chi connectivity index (χ4v) is 3.73. The molecule has 1 aromatic rings. The van der Waals surface area contributed by atoms with E-state index < -0.39 is 0 Å². The van der Waals surface area contributed by atoms with Gasteiger partial charge in [-0.3, -0.25) is 14.1 Å². The Hall–Kier alpha value is -1.43. The minimum absolute atomic E-state index is 0.0933. The van der Waals surface area contributed by atoms with Gasteiger partial charge in [0.2, 0.25) is 5.91 Å². The van der Waals surface area contributed by atoms with Crippen LogP contribution in [0.5, 0.6) is 0 Å². The van der Waals surface area contributed by atoms with Gasteiger partial charge in [-0.15, -0.1) is 0 Å². The number of halogens is 1. The number of aromatic nitrogens is 1.